The normalized spacial score (nSPS) is 18.7. The summed E-state index contributed by atoms with van der Waals surface area (Å²) >= 11 is 0. The molecule has 4 heteroatoms. The number of rotatable bonds is 6. The highest BCUT2D eigenvalue weighted by molar-refractivity contribution is 6.41. The molecule has 1 aliphatic carbocycles. The average Bonchev–Trinajstić information content (AvgIpc) is 2.97. The zero-order chi connectivity index (χ0) is 12.1. The minimum absolute atomic E-state index is 0.0721. The van der Waals surface area contributed by atoms with Crippen LogP contribution < -0.4 is 11.1 Å². The largest absolute Gasteiger partial charge is 0.348 e. The van der Waals surface area contributed by atoms with E-state index < -0.39 is 0 Å². The SMILES string of the molecule is CCCC(N)/C(=N\C(C)C)C(=O)NC1CC1. The lowest BCUT2D eigenvalue weighted by atomic mass is 10.1. The van der Waals surface area contributed by atoms with E-state index >= 15 is 0 Å². The number of nitrogens with two attached hydrogens (primary N) is 1. The third-order valence-electron chi connectivity index (χ3n) is 2.49. The maximum Gasteiger partial charge on any atom is 0.267 e. The maximum absolute atomic E-state index is 11.9. The standard InChI is InChI=1S/C12H23N3O/c1-4-5-10(13)11(14-8(2)3)12(16)15-9-6-7-9/h8-10H,4-7,13H2,1-3H3,(H,15,16)/b14-11+. The molecule has 0 aromatic rings. The molecule has 1 fully saturated rings. The van der Waals surface area contributed by atoms with Gasteiger partial charge in [0.15, 0.2) is 0 Å². The number of carbonyl (C=O) groups is 1. The predicted molar refractivity (Wildman–Crippen MR) is 66.6 cm³/mol. The van der Waals surface area contributed by atoms with Crippen molar-refractivity contribution in [2.45, 2.75) is 64.6 Å². The Balaban J connectivity index is 2.64. The first-order valence-corrected chi connectivity index (χ1v) is 6.18. The Hall–Kier alpha value is -0.900. The summed E-state index contributed by atoms with van der Waals surface area (Å²) in [5.41, 5.74) is 6.50. The minimum Gasteiger partial charge on any atom is -0.348 e. The van der Waals surface area contributed by atoms with Crippen LogP contribution in [0, 0.1) is 0 Å². The van der Waals surface area contributed by atoms with Gasteiger partial charge in [0.1, 0.15) is 5.71 Å². The summed E-state index contributed by atoms with van der Waals surface area (Å²) in [7, 11) is 0. The van der Waals surface area contributed by atoms with Crippen molar-refractivity contribution in [2.75, 3.05) is 0 Å². The number of hydrogen-bond donors (Lipinski definition) is 2. The summed E-state index contributed by atoms with van der Waals surface area (Å²) in [5, 5.41) is 2.95. The van der Waals surface area contributed by atoms with Crippen molar-refractivity contribution in [3.05, 3.63) is 0 Å². The highest BCUT2D eigenvalue weighted by Gasteiger charge is 2.27. The van der Waals surface area contributed by atoms with E-state index in [0.29, 0.717) is 11.8 Å². The molecule has 0 heterocycles. The molecule has 4 nitrogen and oxygen atoms in total. The van der Waals surface area contributed by atoms with E-state index in [1.165, 1.54) is 0 Å². The van der Waals surface area contributed by atoms with Gasteiger partial charge in [-0.3, -0.25) is 9.79 Å². The van der Waals surface area contributed by atoms with Crippen LogP contribution in [0.15, 0.2) is 4.99 Å². The van der Waals surface area contributed by atoms with Crippen molar-refractivity contribution in [3.8, 4) is 0 Å². The van der Waals surface area contributed by atoms with Gasteiger partial charge in [0.25, 0.3) is 5.91 Å². The van der Waals surface area contributed by atoms with Crippen LogP contribution in [0.25, 0.3) is 0 Å². The summed E-state index contributed by atoms with van der Waals surface area (Å²) in [4.78, 5) is 16.3. The van der Waals surface area contributed by atoms with Gasteiger partial charge in [-0.2, -0.15) is 0 Å². The number of amides is 1. The monoisotopic (exact) mass is 225 g/mol. The fraction of sp³-hybridized carbons (Fsp3) is 0.833. The van der Waals surface area contributed by atoms with E-state index in [4.69, 9.17) is 5.73 Å². The number of nitrogens with zero attached hydrogens (tertiary/aromatic N) is 1. The Labute approximate surface area is 97.7 Å². The van der Waals surface area contributed by atoms with Crippen molar-refractivity contribution >= 4 is 11.6 Å². The molecule has 1 amide bonds. The third kappa shape index (κ3) is 4.31. The van der Waals surface area contributed by atoms with Gasteiger partial charge in [-0.1, -0.05) is 13.3 Å². The second kappa shape index (κ2) is 5.99. The van der Waals surface area contributed by atoms with E-state index in [-0.39, 0.29) is 18.0 Å². The quantitative estimate of drug-likeness (QED) is 0.668. The first kappa shape index (κ1) is 13.2. The zero-order valence-corrected chi connectivity index (χ0v) is 10.5. The number of carbonyl (C=O) groups excluding carboxylic acids is 1. The molecule has 3 N–H and O–H groups in total. The van der Waals surface area contributed by atoms with Crippen LogP contribution in [0.1, 0.15) is 46.5 Å². The molecule has 1 unspecified atom stereocenters. The van der Waals surface area contributed by atoms with E-state index in [1.807, 2.05) is 13.8 Å². The van der Waals surface area contributed by atoms with Gasteiger partial charge < -0.3 is 11.1 Å². The molecule has 0 aromatic carbocycles. The summed E-state index contributed by atoms with van der Waals surface area (Å²) in [5.74, 6) is -0.0721. The van der Waals surface area contributed by atoms with Gasteiger partial charge in [0.2, 0.25) is 0 Å². The first-order valence-electron chi connectivity index (χ1n) is 6.18. The van der Waals surface area contributed by atoms with Crippen LogP contribution in [-0.2, 0) is 4.79 Å². The second-order valence-corrected chi connectivity index (χ2v) is 4.75. The second-order valence-electron chi connectivity index (χ2n) is 4.75. The summed E-state index contributed by atoms with van der Waals surface area (Å²) in [6, 6.07) is 0.243. The smallest absolute Gasteiger partial charge is 0.267 e. The van der Waals surface area contributed by atoms with Gasteiger partial charge in [-0.25, -0.2) is 0 Å². The molecule has 0 saturated heterocycles. The predicted octanol–water partition coefficient (Wildman–Crippen LogP) is 1.24. The van der Waals surface area contributed by atoms with Gasteiger partial charge in [-0.05, 0) is 33.1 Å². The molecular formula is C12H23N3O. The van der Waals surface area contributed by atoms with Crippen molar-refractivity contribution in [2.24, 2.45) is 10.7 Å². The number of aliphatic imine (C=N–C) groups is 1. The first-order chi connectivity index (χ1) is 7.54. The van der Waals surface area contributed by atoms with E-state index in [9.17, 15) is 4.79 Å². The molecule has 92 valence electrons. The van der Waals surface area contributed by atoms with Crippen LogP contribution in [-0.4, -0.2) is 29.7 Å². The molecule has 0 aromatic heterocycles. The summed E-state index contributed by atoms with van der Waals surface area (Å²) < 4.78 is 0. The molecule has 0 bridgehead atoms. The fourth-order valence-corrected chi connectivity index (χ4v) is 1.54. The lowest BCUT2D eigenvalue weighted by Gasteiger charge is -2.15. The fourth-order valence-electron chi connectivity index (χ4n) is 1.54. The lowest BCUT2D eigenvalue weighted by Crippen LogP contribution is -2.43. The molecule has 0 radical (unpaired) electrons. The van der Waals surface area contributed by atoms with Crippen molar-refractivity contribution in [3.63, 3.8) is 0 Å². The summed E-state index contributed by atoms with van der Waals surface area (Å²) in [6.45, 7) is 5.98. The Morgan fingerprint density at radius 1 is 1.50 bits per heavy atom. The maximum atomic E-state index is 11.9. The lowest BCUT2D eigenvalue weighted by molar-refractivity contribution is -0.115. The van der Waals surface area contributed by atoms with Gasteiger partial charge in [0, 0.05) is 12.1 Å². The minimum atomic E-state index is -0.230. The molecule has 1 aliphatic rings. The molecular weight excluding hydrogens is 202 g/mol. The van der Waals surface area contributed by atoms with Gasteiger partial charge in [0.05, 0.1) is 6.04 Å². The number of nitrogens with one attached hydrogen (secondary N) is 1. The topological polar surface area (TPSA) is 67.5 Å². The molecule has 16 heavy (non-hydrogen) atoms. The van der Waals surface area contributed by atoms with Crippen LogP contribution >= 0.6 is 0 Å². The molecule has 0 spiro atoms. The van der Waals surface area contributed by atoms with Crippen LogP contribution in [0.3, 0.4) is 0 Å². The van der Waals surface area contributed by atoms with Crippen LogP contribution in [0.2, 0.25) is 0 Å². The average molecular weight is 225 g/mol. The third-order valence-corrected chi connectivity index (χ3v) is 2.49. The van der Waals surface area contributed by atoms with Crippen LogP contribution in [0.5, 0.6) is 0 Å². The van der Waals surface area contributed by atoms with E-state index in [2.05, 4.69) is 17.2 Å². The van der Waals surface area contributed by atoms with Crippen molar-refractivity contribution in [1.29, 1.82) is 0 Å². The Bertz CT molecular complexity index is 269. The molecule has 1 atom stereocenters. The Morgan fingerprint density at radius 3 is 2.56 bits per heavy atom. The molecule has 1 rings (SSSR count). The summed E-state index contributed by atoms with van der Waals surface area (Å²) in [6.07, 6.45) is 3.95. The van der Waals surface area contributed by atoms with Crippen LogP contribution in [0.4, 0.5) is 0 Å². The molecule has 1 saturated carbocycles. The highest BCUT2D eigenvalue weighted by atomic mass is 16.2. The van der Waals surface area contributed by atoms with Crippen molar-refractivity contribution in [1.82, 2.24) is 5.32 Å². The molecule has 0 aliphatic heterocycles. The Morgan fingerprint density at radius 2 is 2.12 bits per heavy atom. The van der Waals surface area contributed by atoms with E-state index in [0.717, 1.165) is 25.7 Å². The van der Waals surface area contributed by atoms with Crippen molar-refractivity contribution < 1.29 is 4.79 Å². The number of hydrogen-bond acceptors (Lipinski definition) is 3. The van der Waals surface area contributed by atoms with Gasteiger partial charge >= 0.3 is 0 Å². The highest BCUT2D eigenvalue weighted by Crippen LogP contribution is 2.18. The zero-order valence-electron chi connectivity index (χ0n) is 10.5. The Kier molecular flexibility index (Phi) is 4.93. The van der Waals surface area contributed by atoms with Gasteiger partial charge in [-0.15, -0.1) is 0 Å². The van der Waals surface area contributed by atoms with E-state index in [1.54, 1.807) is 0 Å².